The highest BCUT2D eigenvalue weighted by Crippen LogP contribution is 2.55. The van der Waals surface area contributed by atoms with Gasteiger partial charge in [0.05, 0.1) is 19.3 Å². The molecule has 0 spiro atoms. The van der Waals surface area contributed by atoms with Gasteiger partial charge >= 0.3 is 0 Å². The molecule has 4 heteroatoms. The van der Waals surface area contributed by atoms with Crippen molar-refractivity contribution in [2.45, 2.75) is 44.1 Å². The first kappa shape index (κ1) is 15.0. The molecule has 5 rings (SSSR count). The van der Waals surface area contributed by atoms with E-state index in [2.05, 4.69) is 5.32 Å². The highest BCUT2D eigenvalue weighted by atomic mass is 16.5. The van der Waals surface area contributed by atoms with Gasteiger partial charge in [0.25, 0.3) is 0 Å². The van der Waals surface area contributed by atoms with E-state index in [0.717, 1.165) is 17.8 Å². The van der Waals surface area contributed by atoms with Gasteiger partial charge in [-0.25, -0.2) is 0 Å². The summed E-state index contributed by atoms with van der Waals surface area (Å²) in [7, 11) is 1.59. The maximum atomic E-state index is 12.5. The monoisotopic (exact) mass is 314 g/mol. The summed E-state index contributed by atoms with van der Waals surface area (Å²) in [5.74, 6) is 3.41. The van der Waals surface area contributed by atoms with E-state index >= 15 is 0 Å². The standard InChI is InChI=1S/C19H26N2O2/c1-23-18-3-2-15(7-16(18)20)17(22)11-21-19-8-12-4-13(9-19)6-14(5-12)10-19/h2-3,7,12-14,21H,4-6,8-11,20H2,1H3. The number of methoxy groups -OCH3 is 1. The molecular weight excluding hydrogens is 288 g/mol. The smallest absolute Gasteiger partial charge is 0.176 e. The van der Waals surface area contributed by atoms with E-state index in [1.54, 1.807) is 25.3 Å². The molecule has 124 valence electrons. The van der Waals surface area contributed by atoms with E-state index in [0.29, 0.717) is 23.5 Å². The predicted octanol–water partition coefficient (Wildman–Crippen LogP) is 3.02. The van der Waals surface area contributed by atoms with E-state index in [1.165, 1.54) is 38.5 Å². The normalized spacial score (nSPS) is 34.6. The molecule has 0 heterocycles. The van der Waals surface area contributed by atoms with Crippen LogP contribution in [-0.2, 0) is 0 Å². The second-order valence-corrected chi connectivity index (χ2v) is 7.93. The van der Waals surface area contributed by atoms with Crippen LogP contribution in [0.4, 0.5) is 5.69 Å². The number of ether oxygens (including phenoxy) is 1. The van der Waals surface area contributed by atoms with Gasteiger partial charge in [0, 0.05) is 11.1 Å². The highest BCUT2D eigenvalue weighted by molar-refractivity contribution is 5.98. The van der Waals surface area contributed by atoms with Crippen molar-refractivity contribution in [3.05, 3.63) is 23.8 Å². The number of nitrogens with two attached hydrogens (primary N) is 1. The number of nitrogens with one attached hydrogen (secondary N) is 1. The van der Waals surface area contributed by atoms with Gasteiger partial charge < -0.3 is 15.8 Å². The van der Waals surface area contributed by atoms with Crippen LogP contribution < -0.4 is 15.8 Å². The molecule has 0 atom stereocenters. The number of benzene rings is 1. The topological polar surface area (TPSA) is 64.3 Å². The van der Waals surface area contributed by atoms with Crippen LogP contribution in [-0.4, -0.2) is 25.0 Å². The van der Waals surface area contributed by atoms with Crippen molar-refractivity contribution in [2.75, 3.05) is 19.4 Å². The Kier molecular flexibility index (Phi) is 3.60. The van der Waals surface area contributed by atoms with Crippen LogP contribution in [0.3, 0.4) is 0 Å². The summed E-state index contributed by atoms with van der Waals surface area (Å²) in [6.45, 7) is 0.415. The van der Waals surface area contributed by atoms with Gasteiger partial charge in [-0.2, -0.15) is 0 Å². The molecule has 0 aliphatic heterocycles. The van der Waals surface area contributed by atoms with E-state index < -0.39 is 0 Å². The van der Waals surface area contributed by atoms with Crippen molar-refractivity contribution < 1.29 is 9.53 Å². The van der Waals surface area contributed by atoms with Gasteiger partial charge in [0.15, 0.2) is 5.78 Å². The van der Waals surface area contributed by atoms with Crippen LogP contribution in [0.1, 0.15) is 48.9 Å². The number of nitrogen functional groups attached to an aromatic ring is 1. The fraction of sp³-hybridized carbons (Fsp3) is 0.632. The molecule has 0 amide bonds. The zero-order valence-electron chi connectivity index (χ0n) is 13.8. The molecular formula is C19H26N2O2. The van der Waals surface area contributed by atoms with Crippen molar-refractivity contribution in [3.63, 3.8) is 0 Å². The number of hydrogen-bond donors (Lipinski definition) is 2. The summed E-state index contributed by atoms with van der Waals surface area (Å²) < 4.78 is 5.15. The molecule has 23 heavy (non-hydrogen) atoms. The van der Waals surface area contributed by atoms with Crippen molar-refractivity contribution in [1.29, 1.82) is 0 Å². The van der Waals surface area contributed by atoms with Crippen molar-refractivity contribution >= 4 is 11.5 Å². The molecule has 4 saturated carbocycles. The number of anilines is 1. The second-order valence-electron chi connectivity index (χ2n) is 7.93. The summed E-state index contributed by atoms with van der Waals surface area (Å²) in [6, 6.07) is 5.30. The predicted molar refractivity (Wildman–Crippen MR) is 90.6 cm³/mol. The van der Waals surface area contributed by atoms with Crippen molar-refractivity contribution in [3.8, 4) is 5.75 Å². The molecule has 1 aromatic carbocycles. The second kappa shape index (κ2) is 5.52. The Balaban J connectivity index is 1.43. The lowest BCUT2D eigenvalue weighted by atomic mass is 9.53. The van der Waals surface area contributed by atoms with Crippen molar-refractivity contribution in [2.24, 2.45) is 17.8 Å². The Morgan fingerprint density at radius 2 is 1.83 bits per heavy atom. The quantitative estimate of drug-likeness (QED) is 0.648. The zero-order valence-corrected chi connectivity index (χ0v) is 13.8. The van der Waals surface area contributed by atoms with E-state index in [-0.39, 0.29) is 11.3 Å². The van der Waals surface area contributed by atoms with Crippen LogP contribution in [0.15, 0.2) is 18.2 Å². The molecule has 0 aromatic heterocycles. The molecule has 3 N–H and O–H groups in total. The number of rotatable bonds is 5. The van der Waals surface area contributed by atoms with Crippen LogP contribution in [0, 0.1) is 17.8 Å². The first-order valence-corrected chi connectivity index (χ1v) is 8.79. The first-order valence-electron chi connectivity index (χ1n) is 8.79. The minimum atomic E-state index is 0.120. The first-order chi connectivity index (χ1) is 11.1. The molecule has 0 unspecified atom stereocenters. The molecule has 0 saturated heterocycles. The fourth-order valence-corrected chi connectivity index (χ4v) is 5.60. The van der Waals surface area contributed by atoms with Gasteiger partial charge in [-0.1, -0.05) is 0 Å². The minimum absolute atomic E-state index is 0.120. The number of carbonyl (C=O) groups is 1. The van der Waals surface area contributed by atoms with Crippen LogP contribution in [0.25, 0.3) is 0 Å². The third-order valence-corrected chi connectivity index (χ3v) is 6.21. The molecule has 4 aliphatic carbocycles. The summed E-state index contributed by atoms with van der Waals surface area (Å²) in [6.07, 6.45) is 8.04. The van der Waals surface area contributed by atoms with Crippen LogP contribution >= 0.6 is 0 Å². The number of hydrogen-bond acceptors (Lipinski definition) is 4. The van der Waals surface area contributed by atoms with E-state index in [9.17, 15) is 4.79 Å². The van der Waals surface area contributed by atoms with Gasteiger partial charge in [-0.05, 0) is 74.5 Å². The Morgan fingerprint density at radius 1 is 1.22 bits per heavy atom. The van der Waals surface area contributed by atoms with E-state index in [1.807, 2.05) is 0 Å². The van der Waals surface area contributed by atoms with Crippen LogP contribution in [0.5, 0.6) is 5.75 Å². The fourth-order valence-electron chi connectivity index (χ4n) is 5.60. The number of carbonyl (C=O) groups excluding carboxylic acids is 1. The van der Waals surface area contributed by atoms with Gasteiger partial charge in [0.1, 0.15) is 5.75 Å². The molecule has 0 radical (unpaired) electrons. The maximum Gasteiger partial charge on any atom is 0.176 e. The summed E-state index contributed by atoms with van der Waals surface area (Å²) in [5, 5.41) is 3.65. The van der Waals surface area contributed by atoms with Gasteiger partial charge in [-0.3, -0.25) is 4.79 Å². The average Bonchev–Trinajstić information content (AvgIpc) is 2.51. The Labute approximate surface area is 137 Å². The molecule has 4 fully saturated rings. The summed E-state index contributed by atoms with van der Waals surface area (Å²) in [4.78, 5) is 12.5. The number of Topliss-reactive ketones (excluding diaryl/α,β-unsaturated/α-hetero) is 1. The molecule has 4 aliphatic rings. The zero-order chi connectivity index (χ0) is 16.0. The number of ketones is 1. The SMILES string of the molecule is COc1ccc(C(=O)CNC23CC4CC(CC(C4)C2)C3)cc1N. The lowest BCUT2D eigenvalue weighted by Crippen LogP contribution is -2.59. The molecule has 1 aromatic rings. The Morgan fingerprint density at radius 3 is 2.35 bits per heavy atom. The molecule has 4 nitrogen and oxygen atoms in total. The Hall–Kier alpha value is -1.55. The summed E-state index contributed by atoms with van der Waals surface area (Å²) in [5.41, 5.74) is 7.33. The van der Waals surface area contributed by atoms with Gasteiger partial charge in [-0.15, -0.1) is 0 Å². The highest BCUT2D eigenvalue weighted by Gasteiger charge is 2.50. The Bertz CT molecular complexity index is 591. The van der Waals surface area contributed by atoms with Crippen molar-refractivity contribution in [1.82, 2.24) is 5.32 Å². The third kappa shape index (κ3) is 2.74. The summed E-state index contributed by atoms with van der Waals surface area (Å²) >= 11 is 0. The molecule has 4 bridgehead atoms. The van der Waals surface area contributed by atoms with Crippen LogP contribution in [0.2, 0.25) is 0 Å². The lowest BCUT2D eigenvalue weighted by Gasteiger charge is -2.57. The van der Waals surface area contributed by atoms with E-state index in [4.69, 9.17) is 10.5 Å². The third-order valence-electron chi connectivity index (χ3n) is 6.21. The largest absolute Gasteiger partial charge is 0.495 e. The average molecular weight is 314 g/mol. The maximum absolute atomic E-state index is 12.5. The lowest BCUT2D eigenvalue weighted by molar-refractivity contribution is -0.0186. The van der Waals surface area contributed by atoms with Gasteiger partial charge in [0.2, 0.25) is 0 Å². The minimum Gasteiger partial charge on any atom is -0.495 e.